The summed E-state index contributed by atoms with van der Waals surface area (Å²) in [7, 11) is 1.67. The van der Waals surface area contributed by atoms with E-state index in [0.29, 0.717) is 19.4 Å². The summed E-state index contributed by atoms with van der Waals surface area (Å²) < 4.78 is 11.7. The summed E-state index contributed by atoms with van der Waals surface area (Å²) in [5.74, 6) is 0.827. The molecule has 2 atom stereocenters. The molecule has 0 spiro atoms. The molecule has 0 aromatic heterocycles. The highest BCUT2D eigenvalue weighted by Gasteiger charge is 2.46. The second-order valence-corrected chi connectivity index (χ2v) is 9.46. The zero-order valence-corrected chi connectivity index (χ0v) is 21.7. The second-order valence-electron chi connectivity index (χ2n) is 9.46. The standard InChI is InChI=1S/C34H33NO3/c1-3-13-31(37-25-26-20-22-30(36-2)23-21-26)32-24-33(35-38-32)34(27-14-7-4-8-15-27,28-16-9-5-10-17-28)29-18-11-6-12-19-29/h3-12,14-23,31-32H,1,13,24-25H2,2H3/t31-,32-/m1/s1. The van der Waals surface area contributed by atoms with Gasteiger partial charge in [0.15, 0.2) is 6.10 Å². The fraction of sp³-hybridized carbons (Fsp3) is 0.206. The topological polar surface area (TPSA) is 40.0 Å². The van der Waals surface area contributed by atoms with Crippen molar-refractivity contribution >= 4 is 5.71 Å². The Morgan fingerprint density at radius 1 is 0.842 bits per heavy atom. The fourth-order valence-corrected chi connectivity index (χ4v) is 5.30. The molecule has 5 rings (SSSR count). The summed E-state index contributed by atoms with van der Waals surface area (Å²) in [6.07, 6.45) is 2.78. The van der Waals surface area contributed by atoms with Crippen LogP contribution >= 0.6 is 0 Å². The first kappa shape index (κ1) is 25.5. The van der Waals surface area contributed by atoms with Crippen LogP contribution in [0.3, 0.4) is 0 Å². The fourth-order valence-electron chi connectivity index (χ4n) is 5.30. The minimum Gasteiger partial charge on any atom is -0.497 e. The van der Waals surface area contributed by atoms with E-state index in [0.717, 1.165) is 33.7 Å². The number of oxime groups is 1. The summed E-state index contributed by atoms with van der Waals surface area (Å²) in [6, 6.07) is 39.7. The van der Waals surface area contributed by atoms with Gasteiger partial charge in [-0.15, -0.1) is 6.58 Å². The highest BCUT2D eigenvalue weighted by atomic mass is 16.7. The molecule has 4 nitrogen and oxygen atoms in total. The minimum atomic E-state index is -0.590. The molecule has 1 heterocycles. The first-order chi connectivity index (χ1) is 18.8. The van der Waals surface area contributed by atoms with E-state index in [1.807, 2.05) is 48.5 Å². The lowest BCUT2D eigenvalue weighted by atomic mass is 9.65. The number of rotatable bonds is 11. The van der Waals surface area contributed by atoms with E-state index in [1.165, 1.54) is 0 Å². The van der Waals surface area contributed by atoms with E-state index in [4.69, 9.17) is 19.5 Å². The second kappa shape index (κ2) is 11.9. The number of hydrogen-bond acceptors (Lipinski definition) is 4. The van der Waals surface area contributed by atoms with Gasteiger partial charge in [-0.05, 0) is 40.8 Å². The summed E-state index contributed by atoms with van der Waals surface area (Å²) in [6.45, 7) is 4.44. The van der Waals surface area contributed by atoms with Crippen molar-refractivity contribution in [2.75, 3.05) is 7.11 Å². The number of nitrogens with zero attached hydrogens (tertiary/aromatic N) is 1. The van der Waals surface area contributed by atoms with E-state index < -0.39 is 5.41 Å². The van der Waals surface area contributed by atoms with E-state index in [9.17, 15) is 0 Å². The molecular formula is C34H33NO3. The van der Waals surface area contributed by atoms with Crippen LogP contribution in [0.1, 0.15) is 35.1 Å². The van der Waals surface area contributed by atoms with Crippen LogP contribution in [-0.2, 0) is 21.6 Å². The van der Waals surface area contributed by atoms with Crippen molar-refractivity contribution in [2.24, 2.45) is 5.16 Å². The molecule has 0 saturated carbocycles. The number of ether oxygens (including phenoxy) is 2. The molecule has 4 heteroatoms. The van der Waals surface area contributed by atoms with Gasteiger partial charge in [-0.1, -0.05) is 114 Å². The molecule has 0 unspecified atom stereocenters. The van der Waals surface area contributed by atoms with Crippen LogP contribution in [0.15, 0.2) is 133 Å². The third kappa shape index (κ3) is 5.13. The molecular weight excluding hydrogens is 470 g/mol. The molecule has 4 aromatic rings. The van der Waals surface area contributed by atoms with Crippen LogP contribution in [0.4, 0.5) is 0 Å². The van der Waals surface area contributed by atoms with Gasteiger partial charge in [-0.3, -0.25) is 0 Å². The van der Waals surface area contributed by atoms with Gasteiger partial charge in [0.05, 0.1) is 24.8 Å². The lowest BCUT2D eigenvalue weighted by Crippen LogP contribution is -2.39. The predicted molar refractivity (Wildman–Crippen MR) is 153 cm³/mol. The lowest BCUT2D eigenvalue weighted by molar-refractivity contribution is -0.0641. The molecule has 1 aliphatic heterocycles. The normalized spacial score (nSPS) is 15.8. The van der Waals surface area contributed by atoms with Gasteiger partial charge in [0, 0.05) is 6.42 Å². The zero-order chi connectivity index (χ0) is 26.2. The summed E-state index contributed by atoms with van der Waals surface area (Å²) in [5.41, 5.74) is 4.91. The van der Waals surface area contributed by atoms with Crippen LogP contribution < -0.4 is 4.74 Å². The maximum atomic E-state index is 6.39. The van der Waals surface area contributed by atoms with Crippen molar-refractivity contribution in [3.8, 4) is 5.75 Å². The van der Waals surface area contributed by atoms with Crippen LogP contribution in [0.25, 0.3) is 0 Å². The molecule has 0 bridgehead atoms. The van der Waals surface area contributed by atoms with Crippen LogP contribution in [0.5, 0.6) is 5.75 Å². The van der Waals surface area contributed by atoms with Crippen molar-refractivity contribution in [1.29, 1.82) is 0 Å². The molecule has 38 heavy (non-hydrogen) atoms. The number of benzene rings is 4. The Hall–Kier alpha value is -4.15. The summed E-state index contributed by atoms with van der Waals surface area (Å²) in [4.78, 5) is 6.17. The molecule has 192 valence electrons. The maximum Gasteiger partial charge on any atom is 0.159 e. The SMILES string of the molecule is C=CC[C@@H](OCc1ccc(OC)cc1)[C@H]1CC(C(c2ccccc2)(c2ccccc2)c2ccccc2)=NO1. The largest absolute Gasteiger partial charge is 0.497 e. The molecule has 0 radical (unpaired) electrons. The van der Waals surface area contributed by atoms with Gasteiger partial charge in [0.25, 0.3) is 0 Å². The maximum absolute atomic E-state index is 6.39. The Labute approximate surface area is 225 Å². The predicted octanol–water partition coefficient (Wildman–Crippen LogP) is 7.34. The van der Waals surface area contributed by atoms with Gasteiger partial charge in [0.2, 0.25) is 0 Å². The Morgan fingerprint density at radius 3 is 1.84 bits per heavy atom. The van der Waals surface area contributed by atoms with Crippen molar-refractivity contribution in [1.82, 2.24) is 0 Å². The van der Waals surface area contributed by atoms with Gasteiger partial charge in [0.1, 0.15) is 11.9 Å². The molecule has 0 N–H and O–H groups in total. The van der Waals surface area contributed by atoms with E-state index in [2.05, 4.69) is 79.4 Å². The Balaban J connectivity index is 1.48. The molecule has 0 saturated heterocycles. The van der Waals surface area contributed by atoms with Crippen molar-refractivity contribution in [3.63, 3.8) is 0 Å². The van der Waals surface area contributed by atoms with Crippen molar-refractivity contribution in [3.05, 3.63) is 150 Å². The first-order valence-electron chi connectivity index (χ1n) is 13.0. The highest BCUT2D eigenvalue weighted by Crippen LogP contribution is 2.44. The van der Waals surface area contributed by atoms with Gasteiger partial charge in [-0.25, -0.2) is 0 Å². The van der Waals surface area contributed by atoms with Crippen LogP contribution in [-0.4, -0.2) is 25.0 Å². The van der Waals surface area contributed by atoms with E-state index in [1.54, 1.807) is 7.11 Å². The van der Waals surface area contributed by atoms with Crippen molar-refractivity contribution < 1.29 is 14.3 Å². The monoisotopic (exact) mass is 503 g/mol. The smallest absolute Gasteiger partial charge is 0.159 e. The van der Waals surface area contributed by atoms with Gasteiger partial charge in [-0.2, -0.15) is 0 Å². The van der Waals surface area contributed by atoms with Crippen LogP contribution in [0.2, 0.25) is 0 Å². The third-order valence-electron chi connectivity index (χ3n) is 7.18. The molecule has 0 amide bonds. The van der Waals surface area contributed by atoms with Crippen molar-refractivity contribution in [2.45, 2.75) is 37.1 Å². The zero-order valence-electron chi connectivity index (χ0n) is 21.7. The van der Waals surface area contributed by atoms with E-state index in [-0.39, 0.29) is 12.2 Å². The lowest BCUT2D eigenvalue weighted by Gasteiger charge is -2.35. The summed E-state index contributed by atoms with van der Waals surface area (Å²) >= 11 is 0. The highest BCUT2D eigenvalue weighted by molar-refractivity contribution is 6.02. The summed E-state index contributed by atoms with van der Waals surface area (Å²) in [5, 5.41) is 4.79. The quantitative estimate of drug-likeness (QED) is 0.159. The third-order valence-corrected chi connectivity index (χ3v) is 7.18. The molecule has 4 aromatic carbocycles. The average molecular weight is 504 g/mol. The Kier molecular flexibility index (Phi) is 8.01. The Morgan fingerprint density at radius 2 is 1.37 bits per heavy atom. The number of hydrogen-bond donors (Lipinski definition) is 0. The van der Waals surface area contributed by atoms with Gasteiger partial charge >= 0.3 is 0 Å². The average Bonchev–Trinajstić information content (AvgIpc) is 3.48. The molecule has 1 aliphatic rings. The Bertz CT molecular complexity index is 1240. The molecule has 0 fully saturated rings. The first-order valence-corrected chi connectivity index (χ1v) is 13.0. The molecule has 0 aliphatic carbocycles. The van der Waals surface area contributed by atoms with E-state index >= 15 is 0 Å². The number of methoxy groups -OCH3 is 1. The van der Waals surface area contributed by atoms with Gasteiger partial charge < -0.3 is 14.3 Å². The van der Waals surface area contributed by atoms with Crippen LogP contribution in [0, 0.1) is 0 Å². The minimum absolute atomic E-state index is 0.184.